The van der Waals surface area contributed by atoms with Crippen LogP contribution in [-0.4, -0.2) is 27.3 Å². The molecular weight excluding hydrogens is 379 g/mol. The summed E-state index contributed by atoms with van der Waals surface area (Å²) in [6.07, 6.45) is 0. The SMILES string of the molecule is COc1cc(OC)c(C(=O)OCc2c(F)c(F)c(F)c(F)c2F)cc1OC. The van der Waals surface area contributed by atoms with Crippen LogP contribution < -0.4 is 14.2 Å². The average molecular weight is 392 g/mol. The zero-order chi connectivity index (χ0) is 20.3. The lowest BCUT2D eigenvalue weighted by molar-refractivity contribution is 0.0458. The number of benzene rings is 2. The van der Waals surface area contributed by atoms with Crippen LogP contribution in [0, 0.1) is 29.1 Å². The van der Waals surface area contributed by atoms with E-state index >= 15 is 0 Å². The minimum absolute atomic E-state index is 0.0185. The van der Waals surface area contributed by atoms with Gasteiger partial charge >= 0.3 is 5.97 Å². The third-order valence-electron chi connectivity index (χ3n) is 3.57. The van der Waals surface area contributed by atoms with Crippen LogP contribution in [0.3, 0.4) is 0 Å². The fourth-order valence-electron chi connectivity index (χ4n) is 2.18. The Morgan fingerprint density at radius 2 is 1.19 bits per heavy atom. The molecule has 0 fully saturated rings. The Morgan fingerprint density at radius 1 is 0.741 bits per heavy atom. The molecule has 146 valence electrons. The van der Waals surface area contributed by atoms with E-state index in [0.29, 0.717) is 0 Å². The monoisotopic (exact) mass is 392 g/mol. The van der Waals surface area contributed by atoms with E-state index in [4.69, 9.17) is 18.9 Å². The molecule has 0 aromatic heterocycles. The smallest absolute Gasteiger partial charge is 0.342 e. The molecule has 0 spiro atoms. The molecule has 0 heterocycles. The summed E-state index contributed by atoms with van der Waals surface area (Å²) in [5.74, 6) is -11.6. The van der Waals surface area contributed by atoms with E-state index in [1.54, 1.807) is 0 Å². The first kappa shape index (κ1) is 20.3. The molecule has 2 aromatic carbocycles. The van der Waals surface area contributed by atoms with E-state index in [1.165, 1.54) is 33.5 Å². The highest BCUT2D eigenvalue weighted by molar-refractivity contribution is 5.93. The van der Waals surface area contributed by atoms with Crippen molar-refractivity contribution < 1.29 is 45.7 Å². The summed E-state index contributed by atoms with van der Waals surface area (Å²) in [5.41, 5.74) is -1.49. The largest absolute Gasteiger partial charge is 0.496 e. The molecule has 0 unspecified atom stereocenters. The summed E-state index contributed by atoms with van der Waals surface area (Å²) in [4.78, 5) is 12.2. The highest BCUT2D eigenvalue weighted by atomic mass is 19.2. The Labute approximate surface area is 150 Å². The van der Waals surface area contributed by atoms with Gasteiger partial charge in [-0.05, 0) is 0 Å². The van der Waals surface area contributed by atoms with Crippen LogP contribution in [0.25, 0.3) is 0 Å². The van der Waals surface area contributed by atoms with E-state index in [1.807, 2.05) is 0 Å². The first-order valence-electron chi connectivity index (χ1n) is 7.24. The molecule has 0 amide bonds. The van der Waals surface area contributed by atoms with E-state index in [9.17, 15) is 26.7 Å². The van der Waals surface area contributed by atoms with Crippen molar-refractivity contribution in [3.63, 3.8) is 0 Å². The van der Waals surface area contributed by atoms with Crippen LogP contribution in [0.15, 0.2) is 12.1 Å². The fourth-order valence-corrected chi connectivity index (χ4v) is 2.18. The molecule has 0 aliphatic rings. The van der Waals surface area contributed by atoms with Gasteiger partial charge in [-0.2, -0.15) is 0 Å². The van der Waals surface area contributed by atoms with Gasteiger partial charge in [0.1, 0.15) is 17.9 Å². The van der Waals surface area contributed by atoms with Gasteiger partial charge in [-0.1, -0.05) is 0 Å². The van der Waals surface area contributed by atoms with Crippen LogP contribution in [0.1, 0.15) is 15.9 Å². The maximum absolute atomic E-state index is 13.6. The van der Waals surface area contributed by atoms with Crippen LogP contribution >= 0.6 is 0 Å². The van der Waals surface area contributed by atoms with Crippen molar-refractivity contribution in [3.05, 3.63) is 52.3 Å². The number of carbonyl (C=O) groups excluding carboxylic acids is 1. The third-order valence-corrected chi connectivity index (χ3v) is 3.57. The molecule has 0 saturated carbocycles. The normalized spacial score (nSPS) is 10.5. The van der Waals surface area contributed by atoms with E-state index in [2.05, 4.69) is 0 Å². The number of ether oxygens (including phenoxy) is 4. The van der Waals surface area contributed by atoms with E-state index in [-0.39, 0.29) is 22.8 Å². The zero-order valence-corrected chi connectivity index (χ0v) is 14.3. The summed E-state index contributed by atoms with van der Waals surface area (Å²) in [5, 5.41) is 0. The molecule has 0 aliphatic carbocycles. The molecule has 0 aliphatic heterocycles. The lowest BCUT2D eigenvalue weighted by Crippen LogP contribution is -2.12. The predicted octanol–water partition coefficient (Wildman–Crippen LogP) is 3.76. The van der Waals surface area contributed by atoms with Crippen molar-refractivity contribution in [1.82, 2.24) is 0 Å². The van der Waals surface area contributed by atoms with Crippen molar-refractivity contribution in [2.75, 3.05) is 21.3 Å². The maximum atomic E-state index is 13.6. The summed E-state index contributed by atoms with van der Waals surface area (Å²) < 4.78 is 86.5. The number of carbonyl (C=O) groups is 1. The number of hydrogen-bond donors (Lipinski definition) is 0. The second-order valence-corrected chi connectivity index (χ2v) is 5.03. The molecule has 0 radical (unpaired) electrons. The molecule has 2 aromatic rings. The van der Waals surface area contributed by atoms with Crippen molar-refractivity contribution in [2.24, 2.45) is 0 Å². The van der Waals surface area contributed by atoms with Crippen LogP contribution in [0.2, 0.25) is 0 Å². The third kappa shape index (κ3) is 3.74. The maximum Gasteiger partial charge on any atom is 0.342 e. The Kier molecular flexibility index (Phi) is 6.09. The number of halogens is 5. The van der Waals surface area contributed by atoms with Gasteiger partial charge in [0.25, 0.3) is 0 Å². The van der Waals surface area contributed by atoms with Crippen LogP contribution in [0.5, 0.6) is 17.2 Å². The Bertz CT molecular complexity index is 856. The minimum atomic E-state index is -2.30. The van der Waals surface area contributed by atoms with Gasteiger partial charge in [0.05, 0.1) is 26.9 Å². The standard InChI is InChI=1S/C17H13F5O5/c1-24-9-5-11(26-3)10(25-2)4-7(9)17(23)27-6-8-12(18)14(20)16(22)15(21)13(8)19/h4-5H,6H2,1-3H3. The zero-order valence-electron chi connectivity index (χ0n) is 14.3. The molecule has 0 saturated heterocycles. The minimum Gasteiger partial charge on any atom is -0.496 e. The second-order valence-electron chi connectivity index (χ2n) is 5.03. The lowest BCUT2D eigenvalue weighted by atomic mass is 10.1. The Balaban J connectivity index is 2.35. The highest BCUT2D eigenvalue weighted by Gasteiger charge is 2.27. The van der Waals surface area contributed by atoms with Gasteiger partial charge in [0, 0.05) is 12.1 Å². The predicted molar refractivity (Wildman–Crippen MR) is 81.4 cm³/mol. The topological polar surface area (TPSA) is 54.0 Å². The van der Waals surface area contributed by atoms with Gasteiger partial charge in [0.15, 0.2) is 34.8 Å². The first-order chi connectivity index (χ1) is 12.8. The molecule has 5 nitrogen and oxygen atoms in total. The van der Waals surface area contributed by atoms with E-state index in [0.717, 1.165) is 0 Å². The van der Waals surface area contributed by atoms with E-state index < -0.39 is 47.2 Å². The molecule has 0 bridgehead atoms. The fraction of sp³-hybridized carbons (Fsp3) is 0.235. The van der Waals surface area contributed by atoms with Crippen molar-refractivity contribution in [3.8, 4) is 17.2 Å². The van der Waals surface area contributed by atoms with Gasteiger partial charge in [-0.3, -0.25) is 0 Å². The first-order valence-corrected chi connectivity index (χ1v) is 7.24. The van der Waals surface area contributed by atoms with Crippen molar-refractivity contribution in [1.29, 1.82) is 0 Å². The van der Waals surface area contributed by atoms with Crippen LogP contribution in [0.4, 0.5) is 22.0 Å². The van der Waals surface area contributed by atoms with Crippen molar-refractivity contribution in [2.45, 2.75) is 6.61 Å². The number of hydrogen-bond acceptors (Lipinski definition) is 5. The average Bonchev–Trinajstić information content (AvgIpc) is 2.69. The molecule has 27 heavy (non-hydrogen) atoms. The van der Waals surface area contributed by atoms with Crippen LogP contribution in [-0.2, 0) is 11.3 Å². The van der Waals surface area contributed by atoms with Gasteiger partial charge in [0.2, 0.25) is 5.82 Å². The highest BCUT2D eigenvalue weighted by Crippen LogP contribution is 2.35. The molecular formula is C17H13F5O5. The molecule has 0 atom stereocenters. The summed E-state index contributed by atoms with van der Waals surface area (Å²) in [6, 6.07) is 2.48. The Morgan fingerprint density at radius 3 is 1.67 bits per heavy atom. The number of esters is 1. The molecule has 0 N–H and O–H groups in total. The van der Waals surface area contributed by atoms with Crippen molar-refractivity contribution >= 4 is 5.97 Å². The van der Waals surface area contributed by atoms with Gasteiger partial charge in [-0.15, -0.1) is 0 Å². The number of methoxy groups -OCH3 is 3. The quantitative estimate of drug-likeness (QED) is 0.324. The molecule has 10 heteroatoms. The second kappa shape index (κ2) is 8.11. The summed E-state index contributed by atoms with van der Waals surface area (Å²) in [6.45, 7) is -1.19. The van der Waals surface area contributed by atoms with Gasteiger partial charge in [-0.25, -0.2) is 26.7 Å². The Hall–Kier alpha value is -3.04. The van der Waals surface area contributed by atoms with Gasteiger partial charge < -0.3 is 18.9 Å². The number of rotatable bonds is 6. The lowest BCUT2D eigenvalue weighted by Gasteiger charge is -2.14. The summed E-state index contributed by atoms with van der Waals surface area (Å²) in [7, 11) is 3.88. The molecule has 2 rings (SSSR count). The summed E-state index contributed by atoms with van der Waals surface area (Å²) >= 11 is 0.